The molecule has 0 radical (unpaired) electrons. The van der Waals surface area contributed by atoms with Gasteiger partial charge in [0.25, 0.3) is 0 Å². The summed E-state index contributed by atoms with van der Waals surface area (Å²) >= 11 is 0. The van der Waals surface area contributed by atoms with Crippen LogP contribution in [0.1, 0.15) is 12.8 Å². The predicted molar refractivity (Wildman–Crippen MR) is 92.5 cm³/mol. The number of H-pyrrole nitrogens is 1. The molecule has 0 aliphatic heterocycles. The molecule has 1 rings (SSSR count). The van der Waals surface area contributed by atoms with Gasteiger partial charge in [-0.15, -0.1) is 0 Å². The van der Waals surface area contributed by atoms with Gasteiger partial charge in [0.05, 0.1) is 0 Å². The third-order valence-corrected chi connectivity index (χ3v) is 5.72. The highest BCUT2D eigenvalue weighted by atomic mass is 32.2. The fourth-order valence-electron chi connectivity index (χ4n) is 2.35. The van der Waals surface area contributed by atoms with E-state index in [0.29, 0.717) is 0 Å². The van der Waals surface area contributed by atoms with Gasteiger partial charge in [0.2, 0.25) is 0 Å². The van der Waals surface area contributed by atoms with Crippen molar-refractivity contribution >= 4 is 10.1 Å². The molecule has 1 heterocycles. The lowest BCUT2D eigenvalue weighted by molar-refractivity contribution is -0.459. The van der Waals surface area contributed by atoms with E-state index in [1.165, 1.54) is 0 Å². The van der Waals surface area contributed by atoms with Crippen LogP contribution in [0.2, 0.25) is 0 Å². The van der Waals surface area contributed by atoms with Crippen LogP contribution in [0.15, 0.2) is 30.6 Å². The number of pyridine rings is 1. The Kier molecular flexibility index (Phi) is 10.9. The van der Waals surface area contributed by atoms with Crippen molar-refractivity contribution in [2.45, 2.75) is 71.7 Å². The molecule has 0 fully saturated rings. The van der Waals surface area contributed by atoms with Crippen molar-refractivity contribution in [3.05, 3.63) is 30.6 Å². The zero-order chi connectivity index (χ0) is 35.2. The fraction of sp³-hybridized carbons (Fsp3) is 0.706. The number of halogens is 21. The van der Waals surface area contributed by atoms with Crippen LogP contribution in [0.5, 0.6) is 0 Å². The van der Waals surface area contributed by atoms with Crippen molar-refractivity contribution in [1.29, 1.82) is 0 Å². The highest BCUT2D eigenvalue weighted by molar-refractivity contribution is 7.86. The predicted octanol–water partition coefficient (Wildman–Crippen LogP) is 7.05. The zero-order valence-corrected chi connectivity index (χ0v) is 20.2. The third-order valence-electron chi connectivity index (χ3n) is 4.83. The van der Waals surface area contributed by atoms with Crippen LogP contribution in [0.25, 0.3) is 0 Å². The molecule has 1 N–H and O–H groups in total. The number of alkyl halides is 21. The quantitative estimate of drug-likeness (QED) is 0.183. The van der Waals surface area contributed by atoms with E-state index in [2.05, 4.69) is 4.98 Å². The van der Waals surface area contributed by atoms with E-state index in [1.807, 2.05) is 30.6 Å². The molecule has 26 heteroatoms. The molecular formula is C17H10F21NO3S. The first-order valence-electron chi connectivity index (χ1n) is 9.79. The number of rotatable bonds is 11. The summed E-state index contributed by atoms with van der Waals surface area (Å²) in [6, 6.07) is 5.86. The summed E-state index contributed by atoms with van der Waals surface area (Å²) in [4.78, 5) is 2.89. The summed E-state index contributed by atoms with van der Waals surface area (Å²) < 4.78 is 305. The highest BCUT2D eigenvalue weighted by Gasteiger charge is 2.96. The minimum atomic E-state index is -9.25. The van der Waals surface area contributed by atoms with Gasteiger partial charge in [-0.05, 0) is 0 Å². The average Bonchev–Trinajstić information content (AvgIpc) is 2.82. The lowest BCUT2D eigenvalue weighted by atomic mass is 9.86. The Morgan fingerprint density at radius 2 is 0.767 bits per heavy atom. The normalized spacial score (nSPS) is 15.6. The fourth-order valence-corrected chi connectivity index (χ4v) is 2.80. The summed E-state index contributed by atoms with van der Waals surface area (Å²) in [7, 11) is -8.31. The van der Waals surface area contributed by atoms with Crippen molar-refractivity contribution in [3.8, 4) is 0 Å². The molecule has 0 aromatic carbocycles. The number of aromatic nitrogens is 1. The van der Waals surface area contributed by atoms with E-state index in [1.54, 1.807) is 0 Å². The second kappa shape index (κ2) is 11.5. The monoisotopic (exact) mass is 707 g/mol. The van der Waals surface area contributed by atoms with Gasteiger partial charge in [0, 0.05) is 25.0 Å². The van der Waals surface area contributed by atoms with Gasteiger partial charge in [0.1, 0.15) is 0 Å². The molecule has 0 amide bonds. The van der Waals surface area contributed by atoms with E-state index in [0.717, 1.165) is 0 Å². The van der Waals surface area contributed by atoms with Crippen LogP contribution >= 0.6 is 0 Å². The van der Waals surface area contributed by atoms with Crippen LogP contribution in [-0.4, -0.2) is 71.8 Å². The standard InChI is InChI=1S/C12H5F21O3S.C5H5N/c13-3(14,1-2-4(15,16)17)5(18,19)6(20,21)7(22,23)8(24,25)9(26,27)10(28,29)11(30,31)12(32,33)37(34,35)36;1-2-4-6-5-3-1/h1-2H2,(H,34,35,36);1-5H. The molecule has 0 spiro atoms. The lowest BCUT2D eigenvalue weighted by Crippen LogP contribution is -2.76. The maximum atomic E-state index is 13.5. The van der Waals surface area contributed by atoms with E-state index in [-0.39, 0.29) is 0 Å². The van der Waals surface area contributed by atoms with E-state index < -0.39 is 81.8 Å². The van der Waals surface area contributed by atoms with Gasteiger partial charge in [0.15, 0.2) is 22.5 Å². The molecular weight excluding hydrogens is 697 g/mol. The lowest BCUT2D eigenvalue weighted by Gasteiger charge is -2.44. The number of nitrogens with one attached hydrogen (secondary N) is 1. The number of hydrogen-bond acceptors (Lipinski definition) is 3. The molecule has 0 aliphatic rings. The van der Waals surface area contributed by atoms with Gasteiger partial charge in [-0.25, -0.2) is 13.4 Å². The van der Waals surface area contributed by atoms with E-state index >= 15 is 0 Å². The maximum absolute atomic E-state index is 13.5. The van der Waals surface area contributed by atoms with Gasteiger partial charge >= 0.3 is 58.8 Å². The van der Waals surface area contributed by atoms with Crippen LogP contribution < -0.4 is 4.98 Å². The van der Waals surface area contributed by atoms with Crippen LogP contribution in [0.3, 0.4) is 0 Å². The van der Waals surface area contributed by atoms with Crippen LogP contribution in [0, 0.1) is 0 Å². The first kappa shape index (κ1) is 40.6. The molecule has 0 aliphatic carbocycles. The summed E-state index contributed by atoms with van der Waals surface area (Å²) in [5, 5.41) is -8.13. The SMILES string of the molecule is O=S(=O)([O-])C(F)(F)C(F)(F)C(F)(F)C(F)(F)C(F)(F)C(F)(F)C(F)(F)C(F)(F)C(F)(F)CCC(F)(F)F.c1cc[nH+]cc1. The van der Waals surface area contributed by atoms with Crippen molar-refractivity contribution in [2.75, 3.05) is 0 Å². The summed E-state index contributed by atoms with van der Waals surface area (Å²) in [5.41, 5.74) is 0. The van der Waals surface area contributed by atoms with Crippen LogP contribution in [0.4, 0.5) is 92.2 Å². The van der Waals surface area contributed by atoms with Crippen LogP contribution in [-0.2, 0) is 10.1 Å². The average molecular weight is 707 g/mol. The summed E-state index contributed by atoms with van der Waals surface area (Å²) in [6.07, 6.45) is -9.17. The molecule has 0 bridgehead atoms. The molecule has 43 heavy (non-hydrogen) atoms. The van der Waals surface area contributed by atoms with Gasteiger partial charge in [-0.3, -0.25) is 0 Å². The maximum Gasteiger partial charge on any atom is 0.402 e. The third kappa shape index (κ3) is 6.67. The minimum absolute atomic E-state index is 1.88. The van der Waals surface area contributed by atoms with E-state index in [9.17, 15) is 105 Å². The Balaban J connectivity index is 0.00000259. The Morgan fingerprint density at radius 1 is 0.465 bits per heavy atom. The van der Waals surface area contributed by atoms with E-state index in [4.69, 9.17) is 0 Å². The second-order valence-electron chi connectivity index (χ2n) is 7.89. The molecule has 0 unspecified atom stereocenters. The first-order chi connectivity index (χ1) is 18.5. The Labute approximate surface area is 223 Å². The minimum Gasteiger partial charge on any atom is -0.743 e. The number of aromatic amines is 1. The second-order valence-corrected chi connectivity index (χ2v) is 9.31. The molecule has 0 atom stereocenters. The molecule has 1 aromatic heterocycles. The van der Waals surface area contributed by atoms with Gasteiger partial charge in [-0.1, -0.05) is 6.07 Å². The molecule has 4 nitrogen and oxygen atoms in total. The van der Waals surface area contributed by atoms with Crippen molar-refractivity contribution < 1.29 is 110 Å². The Bertz CT molecular complexity index is 1150. The topological polar surface area (TPSA) is 71.3 Å². The zero-order valence-electron chi connectivity index (χ0n) is 19.4. The van der Waals surface area contributed by atoms with Gasteiger partial charge < -0.3 is 4.55 Å². The molecule has 0 saturated heterocycles. The molecule has 0 saturated carbocycles. The number of hydrogen-bond donors (Lipinski definition) is 0. The van der Waals surface area contributed by atoms with Gasteiger partial charge in [-0.2, -0.15) is 92.2 Å². The Morgan fingerprint density at radius 3 is 1.00 bits per heavy atom. The molecule has 254 valence electrons. The van der Waals surface area contributed by atoms with Crippen molar-refractivity contribution in [1.82, 2.24) is 0 Å². The van der Waals surface area contributed by atoms with Crippen molar-refractivity contribution in [2.24, 2.45) is 0 Å². The summed E-state index contributed by atoms with van der Waals surface area (Å²) in [5.74, 6) is -69.8. The smallest absolute Gasteiger partial charge is 0.402 e. The first-order valence-corrected chi connectivity index (χ1v) is 11.2. The Hall–Kier alpha value is -2.41. The van der Waals surface area contributed by atoms with Crippen molar-refractivity contribution in [3.63, 3.8) is 0 Å². The summed E-state index contributed by atoms with van der Waals surface area (Å²) in [6.45, 7) is 0. The molecule has 1 aromatic rings. The highest BCUT2D eigenvalue weighted by Crippen LogP contribution is 2.65. The largest absolute Gasteiger partial charge is 0.743 e.